The van der Waals surface area contributed by atoms with E-state index in [4.69, 9.17) is 0 Å². The lowest BCUT2D eigenvalue weighted by molar-refractivity contribution is 0.475. The van der Waals surface area contributed by atoms with Crippen LogP contribution in [0.15, 0.2) is 67.0 Å². The molecule has 0 aliphatic rings. The zero-order chi connectivity index (χ0) is 14.9. The molecule has 3 aromatic heterocycles. The number of fused-ring (bicyclic) bond motifs is 1. The largest absolute Gasteiger partial charge is 0.508 e. The number of pyridine rings is 2. The molecular formula is C17H12N4O. The Labute approximate surface area is 126 Å². The highest BCUT2D eigenvalue weighted by atomic mass is 16.3. The van der Waals surface area contributed by atoms with Crippen LogP contribution in [0, 0.1) is 0 Å². The van der Waals surface area contributed by atoms with Crippen LogP contribution in [0.4, 0.5) is 0 Å². The number of phenolic OH excluding ortho intramolecular Hbond substituents is 1. The van der Waals surface area contributed by atoms with Crippen LogP contribution in [0.2, 0.25) is 0 Å². The summed E-state index contributed by atoms with van der Waals surface area (Å²) in [5.74, 6) is 0.945. The molecule has 1 aromatic carbocycles. The molecule has 5 heteroatoms. The monoisotopic (exact) mass is 288 g/mol. The molecule has 0 radical (unpaired) electrons. The van der Waals surface area contributed by atoms with Crippen LogP contribution in [0.1, 0.15) is 0 Å². The summed E-state index contributed by atoms with van der Waals surface area (Å²) in [6.07, 6.45) is 3.48. The number of nitrogens with zero attached hydrogens (tertiary/aromatic N) is 4. The quantitative estimate of drug-likeness (QED) is 0.615. The molecule has 0 aliphatic carbocycles. The van der Waals surface area contributed by atoms with Gasteiger partial charge in [0.05, 0.1) is 0 Å². The highest BCUT2D eigenvalue weighted by molar-refractivity contribution is 5.79. The van der Waals surface area contributed by atoms with E-state index < -0.39 is 0 Å². The van der Waals surface area contributed by atoms with Crippen LogP contribution in [0.25, 0.3) is 28.4 Å². The number of benzene rings is 1. The third kappa shape index (κ3) is 2.00. The second-order valence-electron chi connectivity index (χ2n) is 4.85. The van der Waals surface area contributed by atoms with E-state index in [1.165, 1.54) is 0 Å². The lowest BCUT2D eigenvalue weighted by Crippen LogP contribution is -1.99. The summed E-state index contributed by atoms with van der Waals surface area (Å²) in [6.45, 7) is 0. The second-order valence-corrected chi connectivity index (χ2v) is 4.85. The summed E-state index contributed by atoms with van der Waals surface area (Å²) >= 11 is 0. The zero-order valence-electron chi connectivity index (χ0n) is 11.6. The normalized spacial score (nSPS) is 10.9. The number of phenols is 1. The SMILES string of the molecule is Oc1ccc(-n2c(-c3ccccn3)nc3cccnc32)cc1. The van der Waals surface area contributed by atoms with E-state index >= 15 is 0 Å². The predicted molar refractivity (Wildman–Crippen MR) is 83.8 cm³/mol. The summed E-state index contributed by atoms with van der Waals surface area (Å²) in [6, 6.07) is 16.4. The number of imidazole rings is 1. The maximum absolute atomic E-state index is 9.50. The van der Waals surface area contributed by atoms with Crippen molar-refractivity contribution in [3.8, 4) is 23.0 Å². The van der Waals surface area contributed by atoms with Crippen LogP contribution in [-0.2, 0) is 0 Å². The van der Waals surface area contributed by atoms with E-state index in [9.17, 15) is 5.11 Å². The van der Waals surface area contributed by atoms with Gasteiger partial charge in [0.25, 0.3) is 0 Å². The number of rotatable bonds is 2. The maximum Gasteiger partial charge on any atom is 0.165 e. The van der Waals surface area contributed by atoms with E-state index in [1.807, 2.05) is 47.0 Å². The minimum atomic E-state index is 0.223. The number of aromatic nitrogens is 4. The van der Waals surface area contributed by atoms with Gasteiger partial charge < -0.3 is 5.11 Å². The highest BCUT2D eigenvalue weighted by Gasteiger charge is 2.15. The topological polar surface area (TPSA) is 63.8 Å². The first kappa shape index (κ1) is 12.5. The van der Waals surface area contributed by atoms with Crippen LogP contribution < -0.4 is 0 Å². The van der Waals surface area contributed by atoms with E-state index in [0.717, 1.165) is 28.4 Å². The summed E-state index contributed by atoms with van der Waals surface area (Å²) in [5, 5.41) is 9.50. The third-order valence-electron chi connectivity index (χ3n) is 3.42. The molecule has 0 unspecified atom stereocenters. The molecule has 0 aliphatic heterocycles. The molecule has 1 N–H and O–H groups in total. The maximum atomic E-state index is 9.50. The molecule has 4 aromatic rings. The van der Waals surface area contributed by atoms with Crippen molar-refractivity contribution in [2.24, 2.45) is 0 Å². The van der Waals surface area contributed by atoms with Crippen LogP contribution >= 0.6 is 0 Å². The third-order valence-corrected chi connectivity index (χ3v) is 3.42. The Morgan fingerprint density at radius 3 is 2.41 bits per heavy atom. The van der Waals surface area contributed by atoms with Gasteiger partial charge in [0.2, 0.25) is 0 Å². The Kier molecular flexibility index (Phi) is 2.83. The molecule has 0 atom stereocenters. The molecule has 4 rings (SSSR count). The molecule has 0 spiro atoms. The average Bonchev–Trinajstić information content (AvgIpc) is 2.96. The molecule has 0 bridgehead atoms. The fourth-order valence-electron chi connectivity index (χ4n) is 2.43. The molecule has 0 amide bonds. The van der Waals surface area contributed by atoms with Crippen molar-refractivity contribution in [1.29, 1.82) is 0 Å². The number of hydrogen-bond acceptors (Lipinski definition) is 4. The van der Waals surface area contributed by atoms with Gasteiger partial charge in [0.15, 0.2) is 11.5 Å². The van der Waals surface area contributed by atoms with Crippen molar-refractivity contribution < 1.29 is 5.11 Å². The van der Waals surface area contributed by atoms with Crippen molar-refractivity contribution in [3.05, 3.63) is 67.0 Å². The standard InChI is InChI=1S/C17H12N4O/c22-13-8-6-12(7-9-13)21-16-15(5-3-11-19-16)20-17(21)14-4-1-2-10-18-14/h1-11,22H. The van der Waals surface area contributed by atoms with Gasteiger partial charge in [-0.05, 0) is 48.5 Å². The summed E-state index contributed by atoms with van der Waals surface area (Å²) < 4.78 is 1.94. The fraction of sp³-hybridized carbons (Fsp3) is 0. The van der Waals surface area contributed by atoms with Crippen LogP contribution in [0.5, 0.6) is 5.75 Å². The van der Waals surface area contributed by atoms with Crippen molar-refractivity contribution in [3.63, 3.8) is 0 Å². The van der Waals surface area contributed by atoms with Crippen molar-refractivity contribution in [1.82, 2.24) is 19.5 Å². The molecule has 22 heavy (non-hydrogen) atoms. The van der Waals surface area contributed by atoms with Crippen LogP contribution in [0.3, 0.4) is 0 Å². The van der Waals surface area contributed by atoms with E-state index in [2.05, 4.69) is 15.0 Å². The summed E-state index contributed by atoms with van der Waals surface area (Å²) in [4.78, 5) is 13.5. The van der Waals surface area contributed by atoms with Crippen LogP contribution in [-0.4, -0.2) is 24.6 Å². The first-order chi connectivity index (χ1) is 10.8. The van der Waals surface area contributed by atoms with Gasteiger partial charge >= 0.3 is 0 Å². The molecule has 106 valence electrons. The van der Waals surface area contributed by atoms with Gasteiger partial charge in [0.1, 0.15) is 17.0 Å². The van der Waals surface area contributed by atoms with E-state index in [0.29, 0.717) is 0 Å². The van der Waals surface area contributed by atoms with Gasteiger partial charge in [0, 0.05) is 18.1 Å². The number of aromatic hydroxyl groups is 1. The summed E-state index contributed by atoms with van der Waals surface area (Å²) in [7, 11) is 0. The van der Waals surface area contributed by atoms with E-state index in [-0.39, 0.29) is 5.75 Å². The predicted octanol–water partition coefficient (Wildman–Crippen LogP) is 3.19. The lowest BCUT2D eigenvalue weighted by Gasteiger charge is -2.08. The van der Waals surface area contributed by atoms with Crippen molar-refractivity contribution >= 4 is 11.2 Å². The number of hydrogen-bond donors (Lipinski definition) is 1. The Hall–Kier alpha value is -3.21. The Morgan fingerprint density at radius 2 is 1.64 bits per heavy atom. The molecule has 0 fully saturated rings. The van der Waals surface area contributed by atoms with E-state index in [1.54, 1.807) is 24.5 Å². The van der Waals surface area contributed by atoms with Crippen molar-refractivity contribution in [2.45, 2.75) is 0 Å². The summed E-state index contributed by atoms with van der Waals surface area (Å²) in [5.41, 5.74) is 3.21. The molecule has 0 saturated carbocycles. The van der Waals surface area contributed by atoms with Gasteiger partial charge in [-0.15, -0.1) is 0 Å². The first-order valence-electron chi connectivity index (χ1n) is 6.87. The molecule has 3 heterocycles. The molecule has 0 saturated heterocycles. The average molecular weight is 288 g/mol. The Bertz CT molecular complexity index is 930. The van der Waals surface area contributed by atoms with Crippen molar-refractivity contribution in [2.75, 3.05) is 0 Å². The first-order valence-corrected chi connectivity index (χ1v) is 6.87. The highest BCUT2D eigenvalue weighted by Crippen LogP contribution is 2.26. The minimum Gasteiger partial charge on any atom is -0.508 e. The smallest absolute Gasteiger partial charge is 0.165 e. The lowest BCUT2D eigenvalue weighted by atomic mass is 10.2. The molecule has 5 nitrogen and oxygen atoms in total. The van der Waals surface area contributed by atoms with Gasteiger partial charge in [-0.3, -0.25) is 9.55 Å². The van der Waals surface area contributed by atoms with Gasteiger partial charge in [-0.25, -0.2) is 9.97 Å². The van der Waals surface area contributed by atoms with Gasteiger partial charge in [-0.1, -0.05) is 6.07 Å². The Morgan fingerprint density at radius 1 is 0.818 bits per heavy atom. The molecular weight excluding hydrogens is 276 g/mol. The zero-order valence-corrected chi connectivity index (χ0v) is 11.6. The second kappa shape index (κ2) is 4.96. The Balaban J connectivity index is 2.04. The minimum absolute atomic E-state index is 0.223. The van der Waals surface area contributed by atoms with Gasteiger partial charge in [-0.2, -0.15) is 0 Å². The fourth-order valence-corrected chi connectivity index (χ4v) is 2.43.